The monoisotopic (exact) mass is 448 g/mol. The molecule has 0 saturated carbocycles. The molecule has 1 aromatic heterocycles. The van der Waals surface area contributed by atoms with Crippen molar-refractivity contribution in [1.82, 2.24) is 9.78 Å². The van der Waals surface area contributed by atoms with Crippen LogP contribution < -0.4 is 10.5 Å². The Labute approximate surface area is 177 Å². The smallest absolute Gasteiger partial charge is 0.343 e. The molecule has 156 valence electrons. The number of anilines is 1. The molecule has 0 saturated heterocycles. The fraction of sp³-hybridized carbons (Fsp3) is 0.105. The van der Waals surface area contributed by atoms with E-state index in [2.05, 4.69) is 10.4 Å². The molecule has 3 N–H and O–H groups in total. The Hall–Kier alpha value is -3.21. The third-order valence-corrected chi connectivity index (χ3v) is 5.25. The second kappa shape index (κ2) is 8.66. The zero-order chi connectivity index (χ0) is 21.9. The number of nitrogens with zero attached hydrogens (tertiary/aromatic N) is 2. The average molecular weight is 449 g/mol. The minimum Gasteiger partial charge on any atom is -0.452 e. The first-order valence-corrected chi connectivity index (χ1v) is 10.5. The van der Waals surface area contributed by atoms with E-state index in [-0.39, 0.29) is 21.3 Å². The van der Waals surface area contributed by atoms with Crippen molar-refractivity contribution in [1.29, 1.82) is 0 Å². The van der Waals surface area contributed by atoms with Crippen molar-refractivity contribution in [2.75, 3.05) is 11.9 Å². The van der Waals surface area contributed by atoms with Gasteiger partial charge in [-0.3, -0.25) is 4.79 Å². The number of benzene rings is 2. The van der Waals surface area contributed by atoms with E-state index in [9.17, 15) is 18.0 Å². The number of rotatable bonds is 6. The van der Waals surface area contributed by atoms with Gasteiger partial charge in [0, 0.05) is 5.69 Å². The molecule has 1 amide bonds. The largest absolute Gasteiger partial charge is 0.452 e. The molecule has 30 heavy (non-hydrogen) atoms. The Balaban J connectivity index is 1.68. The summed E-state index contributed by atoms with van der Waals surface area (Å²) in [5, 5.41) is 11.8. The first-order valence-electron chi connectivity index (χ1n) is 8.57. The summed E-state index contributed by atoms with van der Waals surface area (Å²) in [4.78, 5) is 24.4. The van der Waals surface area contributed by atoms with Gasteiger partial charge < -0.3 is 10.1 Å². The summed E-state index contributed by atoms with van der Waals surface area (Å²) in [6.45, 7) is 0.992. The molecule has 3 rings (SSSR count). The number of nitrogens with two attached hydrogens (primary N) is 1. The molecule has 11 heteroatoms. The van der Waals surface area contributed by atoms with Gasteiger partial charge in [-0.25, -0.2) is 23.0 Å². The molecule has 0 aliphatic carbocycles. The summed E-state index contributed by atoms with van der Waals surface area (Å²) in [6, 6.07) is 14.4. The van der Waals surface area contributed by atoms with E-state index in [4.69, 9.17) is 21.5 Å². The molecule has 0 aliphatic rings. The van der Waals surface area contributed by atoms with Crippen molar-refractivity contribution in [2.24, 2.45) is 5.14 Å². The lowest BCUT2D eigenvalue weighted by molar-refractivity contribution is -0.119. The van der Waals surface area contributed by atoms with Crippen LogP contribution in [0, 0.1) is 6.92 Å². The Morgan fingerprint density at radius 2 is 1.87 bits per heavy atom. The van der Waals surface area contributed by atoms with Crippen molar-refractivity contribution in [2.45, 2.75) is 11.8 Å². The molecule has 0 unspecified atom stereocenters. The Kier molecular flexibility index (Phi) is 6.20. The molecular weight excluding hydrogens is 432 g/mol. The van der Waals surface area contributed by atoms with Crippen molar-refractivity contribution < 1.29 is 22.7 Å². The second-order valence-corrected chi connectivity index (χ2v) is 8.12. The van der Waals surface area contributed by atoms with Crippen LogP contribution in [0.15, 0.2) is 59.5 Å². The standard InChI is InChI=1S/C19H17ClN4O5S/c1-12-17(18(20)24(23-12)14-7-3-2-4-8-14)19(26)29-11-16(25)22-13-6-5-9-15(10-13)30(21,27)28/h2-10H,11H2,1H3,(H,22,25)(H2,21,27,28). The zero-order valence-electron chi connectivity index (χ0n) is 15.7. The molecule has 0 fully saturated rings. The highest BCUT2D eigenvalue weighted by atomic mass is 35.5. The number of sulfonamides is 1. The zero-order valence-corrected chi connectivity index (χ0v) is 17.3. The third kappa shape index (κ3) is 4.85. The molecular formula is C19H17ClN4O5S. The number of hydrogen-bond donors (Lipinski definition) is 2. The van der Waals surface area contributed by atoms with Crippen LogP contribution in [-0.2, 0) is 19.6 Å². The van der Waals surface area contributed by atoms with E-state index in [0.29, 0.717) is 11.4 Å². The van der Waals surface area contributed by atoms with Gasteiger partial charge in [-0.05, 0) is 37.3 Å². The number of aromatic nitrogens is 2. The Bertz CT molecular complexity index is 1210. The second-order valence-electron chi connectivity index (χ2n) is 6.20. The Morgan fingerprint density at radius 3 is 2.53 bits per heavy atom. The molecule has 0 atom stereocenters. The molecule has 2 aromatic carbocycles. The van der Waals surface area contributed by atoms with Gasteiger partial charge >= 0.3 is 5.97 Å². The van der Waals surface area contributed by atoms with Crippen LogP contribution in [0.25, 0.3) is 5.69 Å². The molecule has 0 spiro atoms. The van der Waals surface area contributed by atoms with Gasteiger partial charge in [0.15, 0.2) is 6.61 Å². The number of hydrogen-bond acceptors (Lipinski definition) is 6. The number of carbonyl (C=O) groups excluding carboxylic acids is 2. The summed E-state index contributed by atoms with van der Waals surface area (Å²) < 4.78 is 29.2. The summed E-state index contributed by atoms with van der Waals surface area (Å²) in [5.74, 6) is -1.48. The van der Waals surface area contributed by atoms with Crippen molar-refractivity contribution >= 4 is 39.2 Å². The quantitative estimate of drug-likeness (QED) is 0.555. The lowest BCUT2D eigenvalue weighted by atomic mass is 10.2. The molecule has 3 aromatic rings. The number of aryl methyl sites for hydroxylation is 1. The SMILES string of the molecule is Cc1nn(-c2ccccc2)c(Cl)c1C(=O)OCC(=O)Nc1cccc(S(N)(=O)=O)c1. The van der Waals surface area contributed by atoms with E-state index in [0.717, 1.165) is 0 Å². The lowest BCUT2D eigenvalue weighted by Crippen LogP contribution is -2.21. The highest BCUT2D eigenvalue weighted by Gasteiger charge is 2.23. The van der Waals surface area contributed by atoms with Crippen LogP contribution in [0.3, 0.4) is 0 Å². The van der Waals surface area contributed by atoms with Crippen LogP contribution in [0.1, 0.15) is 16.1 Å². The van der Waals surface area contributed by atoms with Gasteiger partial charge in [0.05, 0.1) is 16.3 Å². The summed E-state index contributed by atoms with van der Waals surface area (Å²) in [7, 11) is -3.91. The number of esters is 1. The van der Waals surface area contributed by atoms with E-state index < -0.39 is 28.5 Å². The van der Waals surface area contributed by atoms with Gasteiger partial charge in [0.2, 0.25) is 10.0 Å². The van der Waals surface area contributed by atoms with Gasteiger partial charge in [-0.2, -0.15) is 5.10 Å². The maximum absolute atomic E-state index is 12.4. The van der Waals surface area contributed by atoms with Crippen LogP contribution >= 0.6 is 11.6 Å². The normalized spacial score (nSPS) is 11.2. The van der Waals surface area contributed by atoms with Crippen molar-refractivity contribution in [3.05, 3.63) is 71.0 Å². The minimum atomic E-state index is -3.91. The van der Waals surface area contributed by atoms with Crippen LogP contribution in [0.5, 0.6) is 0 Å². The molecule has 9 nitrogen and oxygen atoms in total. The van der Waals surface area contributed by atoms with Gasteiger partial charge in [-0.1, -0.05) is 35.9 Å². The minimum absolute atomic E-state index is 0.0459. The van der Waals surface area contributed by atoms with Crippen LogP contribution in [0.4, 0.5) is 5.69 Å². The highest BCUT2D eigenvalue weighted by molar-refractivity contribution is 7.89. The Morgan fingerprint density at radius 1 is 1.17 bits per heavy atom. The lowest BCUT2D eigenvalue weighted by Gasteiger charge is -2.08. The predicted octanol–water partition coefficient (Wildman–Crippen LogP) is 2.28. The third-order valence-electron chi connectivity index (χ3n) is 3.99. The number of primary sulfonamides is 1. The van der Waals surface area contributed by atoms with Crippen molar-refractivity contribution in [3.8, 4) is 5.69 Å². The van der Waals surface area contributed by atoms with Gasteiger partial charge in [0.25, 0.3) is 5.91 Å². The molecule has 0 aliphatic heterocycles. The first-order chi connectivity index (χ1) is 14.2. The average Bonchev–Trinajstić information content (AvgIpc) is 3.00. The maximum atomic E-state index is 12.4. The molecule has 0 bridgehead atoms. The van der Waals surface area contributed by atoms with E-state index in [1.165, 1.54) is 28.9 Å². The first kappa shape index (κ1) is 21.5. The van der Waals surface area contributed by atoms with Crippen LogP contribution in [0.2, 0.25) is 5.15 Å². The number of amides is 1. The summed E-state index contributed by atoms with van der Waals surface area (Å²) in [6.07, 6.45) is 0. The van der Waals surface area contributed by atoms with E-state index in [1.54, 1.807) is 31.2 Å². The highest BCUT2D eigenvalue weighted by Crippen LogP contribution is 2.24. The number of ether oxygens (including phenoxy) is 1. The topological polar surface area (TPSA) is 133 Å². The fourth-order valence-corrected chi connectivity index (χ4v) is 3.53. The number of halogens is 1. The number of nitrogens with one attached hydrogen (secondary N) is 1. The number of para-hydroxylation sites is 1. The van der Waals surface area contributed by atoms with Gasteiger partial charge in [0.1, 0.15) is 10.7 Å². The molecule has 0 radical (unpaired) electrons. The van der Waals surface area contributed by atoms with E-state index >= 15 is 0 Å². The maximum Gasteiger partial charge on any atom is 0.343 e. The van der Waals surface area contributed by atoms with Crippen LogP contribution in [-0.4, -0.2) is 36.7 Å². The molecule has 1 heterocycles. The summed E-state index contributed by atoms with van der Waals surface area (Å²) >= 11 is 6.29. The van der Waals surface area contributed by atoms with E-state index in [1.807, 2.05) is 6.07 Å². The van der Waals surface area contributed by atoms with Gasteiger partial charge in [-0.15, -0.1) is 0 Å². The van der Waals surface area contributed by atoms with Crippen molar-refractivity contribution in [3.63, 3.8) is 0 Å². The number of carbonyl (C=O) groups is 2. The fourth-order valence-electron chi connectivity index (χ4n) is 2.62. The predicted molar refractivity (Wildman–Crippen MR) is 110 cm³/mol. The summed E-state index contributed by atoms with van der Waals surface area (Å²) in [5.41, 5.74) is 1.24.